The van der Waals surface area contributed by atoms with E-state index in [1.54, 1.807) is 19.2 Å². The van der Waals surface area contributed by atoms with E-state index in [9.17, 15) is 4.79 Å². The van der Waals surface area contributed by atoms with Crippen LogP contribution >= 0.6 is 0 Å². The van der Waals surface area contributed by atoms with Gasteiger partial charge in [0.15, 0.2) is 6.10 Å². The third kappa shape index (κ3) is 2.33. The molecule has 0 aliphatic rings. The molecule has 4 heteroatoms. The third-order valence-corrected chi connectivity index (χ3v) is 2.53. The van der Waals surface area contributed by atoms with Crippen molar-refractivity contribution in [1.29, 1.82) is 0 Å². The minimum absolute atomic E-state index is 0.691. The summed E-state index contributed by atoms with van der Waals surface area (Å²) in [6.45, 7) is 3.69. The van der Waals surface area contributed by atoms with E-state index in [1.165, 1.54) is 7.11 Å². The molecule has 0 aliphatic carbocycles. The van der Waals surface area contributed by atoms with E-state index in [0.717, 1.165) is 16.9 Å². The highest BCUT2D eigenvalue weighted by molar-refractivity contribution is 5.75. The normalized spacial score (nSPS) is 12.2. The predicted octanol–water partition coefficient (Wildman–Crippen LogP) is 2.08. The molecule has 1 aromatic rings. The lowest BCUT2D eigenvalue weighted by Gasteiger charge is -2.17. The summed E-state index contributed by atoms with van der Waals surface area (Å²) in [6, 6.07) is 3.61. The molecular weight excluding hydrogens is 208 g/mol. The minimum Gasteiger partial charge on any atom is -0.497 e. The summed E-state index contributed by atoms with van der Waals surface area (Å²) in [5.41, 5.74) is 2.40. The van der Waals surface area contributed by atoms with Gasteiger partial charge in [0.05, 0.1) is 7.11 Å². The average molecular weight is 224 g/mol. The Labute approximate surface area is 94.8 Å². The number of aliphatic carboxylic acids is 1. The summed E-state index contributed by atoms with van der Waals surface area (Å²) >= 11 is 0. The summed E-state index contributed by atoms with van der Waals surface area (Å²) < 4.78 is 10.1. The average Bonchev–Trinajstić information content (AvgIpc) is 2.22. The highest BCUT2D eigenvalue weighted by atomic mass is 16.5. The molecule has 16 heavy (non-hydrogen) atoms. The Morgan fingerprint density at radius 2 is 1.75 bits per heavy atom. The summed E-state index contributed by atoms with van der Waals surface area (Å²) in [5.74, 6) is -0.266. The molecule has 1 atom stereocenters. The molecule has 0 bridgehead atoms. The quantitative estimate of drug-likeness (QED) is 0.850. The molecule has 0 saturated carbocycles. The number of hydrogen-bond donors (Lipinski definition) is 1. The minimum atomic E-state index is -0.987. The number of rotatable bonds is 4. The van der Waals surface area contributed by atoms with Crippen molar-refractivity contribution < 1.29 is 19.4 Å². The molecule has 0 saturated heterocycles. The molecular formula is C12H16O4. The third-order valence-electron chi connectivity index (χ3n) is 2.53. The lowest BCUT2D eigenvalue weighted by atomic mass is 9.97. The fourth-order valence-electron chi connectivity index (χ4n) is 1.81. The van der Waals surface area contributed by atoms with Gasteiger partial charge in [0.1, 0.15) is 5.75 Å². The Hall–Kier alpha value is -1.55. The lowest BCUT2D eigenvalue weighted by molar-refractivity contribution is -0.149. The summed E-state index contributed by atoms with van der Waals surface area (Å²) in [5, 5.41) is 9.05. The van der Waals surface area contributed by atoms with Crippen LogP contribution in [-0.2, 0) is 9.53 Å². The van der Waals surface area contributed by atoms with Gasteiger partial charge in [-0.15, -0.1) is 0 Å². The van der Waals surface area contributed by atoms with Crippen LogP contribution in [0.3, 0.4) is 0 Å². The number of hydrogen-bond acceptors (Lipinski definition) is 3. The van der Waals surface area contributed by atoms with Crippen LogP contribution in [0.1, 0.15) is 22.8 Å². The van der Waals surface area contributed by atoms with Crippen LogP contribution in [0.2, 0.25) is 0 Å². The number of carboxylic acid groups (broad SMARTS) is 1. The molecule has 1 unspecified atom stereocenters. The largest absolute Gasteiger partial charge is 0.497 e. The van der Waals surface area contributed by atoms with Crippen LogP contribution in [-0.4, -0.2) is 25.3 Å². The highest BCUT2D eigenvalue weighted by Crippen LogP contribution is 2.28. The topological polar surface area (TPSA) is 55.8 Å². The van der Waals surface area contributed by atoms with Crippen molar-refractivity contribution in [3.63, 3.8) is 0 Å². The molecule has 0 aliphatic heterocycles. The number of benzene rings is 1. The summed E-state index contributed by atoms with van der Waals surface area (Å²) in [7, 11) is 2.97. The van der Waals surface area contributed by atoms with Crippen molar-refractivity contribution in [2.45, 2.75) is 20.0 Å². The second kappa shape index (κ2) is 4.99. The van der Waals surface area contributed by atoms with E-state index in [1.807, 2.05) is 13.8 Å². The maximum atomic E-state index is 11.0. The number of aryl methyl sites for hydroxylation is 2. The van der Waals surface area contributed by atoms with Crippen molar-refractivity contribution in [3.05, 3.63) is 28.8 Å². The van der Waals surface area contributed by atoms with Crippen molar-refractivity contribution in [1.82, 2.24) is 0 Å². The van der Waals surface area contributed by atoms with Gasteiger partial charge in [-0.3, -0.25) is 0 Å². The van der Waals surface area contributed by atoms with E-state index in [4.69, 9.17) is 14.6 Å². The van der Waals surface area contributed by atoms with E-state index >= 15 is 0 Å². The van der Waals surface area contributed by atoms with E-state index in [-0.39, 0.29) is 0 Å². The first-order valence-corrected chi connectivity index (χ1v) is 4.92. The molecule has 1 rings (SSSR count). The molecule has 4 nitrogen and oxygen atoms in total. The smallest absolute Gasteiger partial charge is 0.337 e. The Kier molecular flexibility index (Phi) is 3.90. The van der Waals surface area contributed by atoms with Crippen LogP contribution in [0.4, 0.5) is 0 Å². The second-order valence-electron chi connectivity index (χ2n) is 3.63. The summed E-state index contributed by atoms with van der Waals surface area (Å²) in [4.78, 5) is 11.0. The van der Waals surface area contributed by atoms with Crippen LogP contribution in [0, 0.1) is 13.8 Å². The predicted molar refractivity (Wildman–Crippen MR) is 59.9 cm³/mol. The van der Waals surface area contributed by atoms with Gasteiger partial charge in [0, 0.05) is 7.11 Å². The van der Waals surface area contributed by atoms with E-state index < -0.39 is 12.1 Å². The molecule has 0 heterocycles. The number of carbonyl (C=O) groups is 1. The number of carboxylic acids is 1. The molecule has 1 N–H and O–H groups in total. The van der Waals surface area contributed by atoms with Crippen molar-refractivity contribution in [2.75, 3.05) is 14.2 Å². The van der Waals surface area contributed by atoms with Crippen LogP contribution in [0.5, 0.6) is 5.75 Å². The van der Waals surface area contributed by atoms with Gasteiger partial charge < -0.3 is 14.6 Å². The molecule has 88 valence electrons. The highest BCUT2D eigenvalue weighted by Gasteiger charge is 2.23. The molecule has 1 aromatic carbocycles. The molecule has 0 aromatic heterocycles. The zero-order chi connectivity index (χ0) is 12.3. The van der Waals surface area contributed by atoms with Crippen molar-refractivity contribution in [3.8, 4) is 5.75 Å². The Morgan fingerprint density at radius 1 is 1.25 bits per heavy atom. The molecule has 0 radical (unpaired) electrons. The van der Waals surface area contributed by atoms with E-state index in [0.29, 0.717) is 5.56 Å². The van der Waals surface area contributed by atoms with Gasteiger partial charge in [0.25, 0.3) is 0 Å². The van der Waals surface area contributed by atoms with Gasteiger partial charge in [-0.1, -0.05) is 0 Å². The summed E-state index contributed by atoms with van der Waals surface area (Å²) in [6.07, 6.45) is -0.925. The van der Waals surface area contributed by atoms with Crippen molar-refractivity contribution in [2.24, 2.45) is 0 Å². The van der Waals surface area contributed by atoms with Crippen LogP contribution < -0.4 is 4.74 Å². The van der Waals surface area contributed by atoms with Crippen molar-refractivity contribution >= 4 is 5.97 Å². The van der Waals surface area contributed by atoms with Crippen LogP contribution in [0.15, 0.2) is 12.1 Å². The lowest BCUT2D eigenvalue weighted by Crippen LogP contribution is -2.16. The zero-order valence-electron chi connectivity index (χ0n) is 9.90. The standard InChI is InChI=1S/C12H16O4/c1-7-5-9(15-3)6-8(2)10(7)11(16-4)12(13)14/h5-6,11H,1-4H3,(H,13,14). The Balaban J connectivity index is 3.27. The SMILES string of the molecule is COc1cc(C)c(C(OC)C(=O)O)c(C)c1. The van der Waals surface area contributed by atoms with Gasteiger partial charge in [0.2, 0.25) is 0 Å². The maximum absolute atomic E-state index is 11.0. The van der Waals surface area contributed by atoms with Gasteiger partial charge in [-0.05, 0) is 42.7 Å². The molecule has 0 amide bonds. The van der Waals surface area contributed by atoms with Crippen LogP contribution in [0.25, 0.3) is 0 Å². The first-order valence-electron chi connectivity index (χ1n) is 4.92. The monoisotopic (exact) mass is 224 g/mol. The van der Waals surface area contributed by atoms with E-state index in [2.05, 4.69) is 0 Å². The molecule has 0 spiro atoms. The fourth-order valence-corrected chi connectivity index (χ4v) is 1.81. The van der Waals surface area contributed by atoms with Gasteiger partial charge >= 0.3 is 5.97 Å². The zero-order valence-corrected chi connectivity index (χ0v) is 9.90. The van der Waals surface area contributed by atoms with Gasteiger partial charge in [-0.25, -0.2) is 4.79 Å². The Morgan fingerprint density at radius 3 is 2.06 bits per heavy atom. The van der Waals surface area contributed by atoms with Gasteiger partial charge in [-0.2, -0.15) is 0 Å². The second-order valence-corrected chi connectivity index (χ2v) is 3.63. The first kappa shape index (κ1) is 12.5. The number of methoxy groups -OCH3 is 2. The first-order chi connectivity index (χ1) is 7.51. The number of ether oxygens (including phenoxy) is 2. The molecule has 0 fully saturated rings. The Bertz CT molecular complexity index is 375. The fraction of sp³-hybridized carbons (Fsp3) is 0.417. The maximum Gasteiger partial charge on any atom is 0.337 e.